The number of halogens is 3. The van der Waals surface area contributed by atoms with Gasteiger partial charge in [0.15, 0.2) is 6.29 Å². The van der Waals surface area contributed by atoms with Crippen LogP contribution >= 0.6 is 11.6 Å². The summed E-state index contributed by atoms with van der Waals surface area (Å²) in [6.45, 7) is 0. The monoisotopic (exact) mass is 247 g/mol. The lowest BCUT2D eigenvalue weighted by molar-refractivity contribution is -0.104. The summed E-state index contributed by atoms with van der Waals surface area (Å²) in [5, 5.41) is 0.0438. The fourth-order valence-corrected chi connectivity index (χ4v) is 1.95. The number of rotatable bonds is 2. The molecule has 1 heterocycles. The minimum atomic E-state index is -2.70. The maximum absolute atomic E-state index is 12.7. The maximum atomic E-state index is 12.7. The van der Waals surface area contributed by atoms with Crippen LogP contribution in [0, 0.1) is 0 Å². The molecule has 6 heteroatoms. The van der Waals surface area contributed by atoms with Gasteiger partial charge in [-0.1, -0.05) is 11.6 Å². The first-order valence-corrected chi connectivity index (χ1v) is 5.06. The Morgan fingerprint density at radius 2 is 2.12 bits per heavy atom. The van der Waals surface area contributed by atoms with E-state index < -0.39 is 17.5 Å². The zero-order chi connectivity index (χ0) is 11.9. The Hall–Kier alpha value is -1.23. The number of nitrogens with zero attached hydrogens (tertiary/aromatic N) is 1. The summed E-state index contributed by atoms with van der Waals surface area (Å²) >= 11 is 5.63. The number of aldehydes is 1. The third-order valence-corrected chi connectivity index (χ3v) is 3.01. The molecule has 0 atom stereocenters. The van der Waals surface area contributed by atoms with Crippen molar-refractivity contribution in [2.75, 3.05) is 0 Å². The van der Waals surface area contributed by atoms with Crippen molar-refractivity contribution in [2.45, 2.75) is 24.8 Å². The minimum Gasteiger partial charge on any atom is -0.311 e. The van der Waals surface area contributed by atoms with Crippen LogP contribution in [-0.4, -0.2) is 16.8 Å². The summed E-state index contributed by atoms with van der Waals surface area (Å²) < 4.78 is 26.5. The quantitative estimate of drug-likeness (QED) is 0.752. The summed E-state index contributed by atoms with van der Waals surface area (Å²) in [5.41, 5.74) is -0.789. The van der Waals surface area contributed by atoms with Crippen molar-refractivity contribution in [3.63, 3.8) is 0 Å². The zero-order valence-corrected chi connectivity index (χ0v) is 8.88. The molecule has 0 aromatic carbocycles. The minimum absolute atomic E-state index is 0.0438. The highest BCUT2D eigenvalue weighted by molar-refractivity contribution is 6.32. The van der Waals surface area contributed by atoms with Crippen molar-refractivity contribution >= 4 is 17.9 Å². The van der Waals surface area contributed by atoms with Crippen LogP contribution in [-0.2, 0) is 0 Å². The van der Waals surface area contributed by atoms with Gasteiger partial charge >= 0.3 is 0 Å². The van der Waals surface area contributed by atoms with Crippen molar-refractivity contribution in [2.24, 2.45) is 0 Å². The lowest BCUT2D eigenvalue weighted by Gasteiger charge is -2.36. The summed E-state index contributed by atoms with van der Waals surface area (Å²) in [7, 11) is 0. The molecular formula is C10H8ClF2NO2. The van der Waals surface area contributed by atoms with Gasteiger partial charge in [-0.3, -0.25) is 9.59 Å². The molecule has 3 nitrogen and oxygen atoms in total. The number of aromatic nitrogens is 1. The second-order valence-corrected chi connectivity index (χ2v) is 4.23. The van der Waals surface area contributed by atoms with Gasteiger partial charge in [-0.15, -0.1) is 0 Å². The number of carbonyl (C=O) groups is 1. The molecule has 2 rings (SSSR count). The Labute approximate surface area is 94.6 Å². The van der Waals surface area contributed by atoms with E-state index >= 15 is 0 Å². The van der Waals surface area contributed by atoms with E-state index in [1.54, 1.807) is 0 Å². The van der Waals surface area contributed by atoms with E-state index in [4.69, 9.17) is 11.6 Å². The molecule has 0 radical (unpaired) electrons. The van der Waals surface area contributed by atoms with Crippen LogP contribution in [0.5, 0.6) is 0 Å². The van der Waals surface area contributed by atoms with Crippen molar-refractivity contribution in [1.82, 2.24) is 4.57 Å². The van der Waals surface area contributed by atoms with Crippen LogP contribution in [0.1, 0.15) is 29.2 Å². The Morgan fingerprint density at radius 3 is 2.62 bits per heavy atom. The molecule has 0 aliphatic heterocycles. The molecule has 0 saturated heterocycles. The molecule has 1 aromatic heterocycles. The topological polar surface area (TPSA) is 39.1 Å². The zero-order valence-electron chi connectivity index (χ0n) is 8.12. The van der Waals surface area contributed by atoms with Crippen molar-refractivity contribution in [3.8, 4) is 0 Å². The van der Waals surface area contributed by atoms with E-state index in [1.807, 2.05) is 0 Å². The van der Waals surface area contributed by atoms with E-state index in [9.17, 15) is 18.4 Å². The number of pyridine rings is 1. The van der Waals surface area contributed by atoms with E-state index in [2.05, 4.69) is 0 Å². The predicted molar refractivity (Wildman–Crippen MR) is 54.3 cm³/mol. The Morgan fingerprint density at radius 1 is 1.50 bits per heavy atom. The highest BCUT2D eigenvalue weighted by atomic mass is 35.5. The lowest BCUT2D eigenvalue weighted by atomic mass is 9.88. The van der Waals surface area contributed by atoms with Gasteiger partial charge in [0, 0.05) is 25.1 Å². The average molecular weight is 248 g/mol. The van der Waals surface area contributed by atoms with Gasteiger partial charge in [-0.25, -0.2) is 8.78 Å². The first-order chi connectivity index (χ1) is 7.44. The molecular weight excluding hydrogens is 240 g/mol. The van der Waals surface area contributed by atoms with Crippen LogP contribution in [0.4, 0.5) is 8.78 Å². The van der Waals surface area contributed by atoms with E-state index in [0.717, 1.165) is 4.57 Å². The normalized spacial score (nSPS) is 19.2. The molecule has 1 aromatic rings. The van der Waals surface area contributed by atoms with E-state index in [-0.39, 0.29) is 23.4 Å². The van der Waals surface area contributed by atoms with Gasteiger partial charge in [0.2, 0.25) is 0 Å². The third kappa shape index (κ3) is 1.75. The molecule has 1 aliphatic rings. The van der Waals surface area contributed by atoms with Gasteiger partial charge in [0.05, 0.1) is 10.6 Å². The van der Waals surface area contributed by atoms with Crippen molar-refractivity contribution in [3.05, 3.63) is 33.2 Å². The summed E-state index contributed by atoms with van der Waals surface area (Å²) in [6, 6.07) is 0.821. The van der Waals surface area contributed by atoms with Gasteiger partial charge in [0.1, 0.15) is 0 Å². The molecule has 1 saturated carbocycles. The average Bonchev–Trinajstić information content (AvgIpc) is 2.15. The van der Waals surface area contributed by atoms with Crippen LogP contribution in [0.25, 0.3) is 0 Å². The summed E-state index contributed by atoms with van der Waals surface area (Å²) in [4.78, 5) is 22.3. The van der Waals surface area contributed by atoms with Crippen LogP contribution in [0.3, 0.4) is 0 Å². The maximum Gasteiger partial charge on any atom is 0.262 e. The van der Waals surface area contributed by atoms with Gasteiger partial charge in [-0.05, 0) is 6.07 Å². The molecule has 86 valence electrons. The van der Waals surface area contributed by atoms with Crippen LogP contribution < -0.4 is 5.56 Å². The standard InChI is InChI=1S/C10H8ClF2NO2/c11-8-1-2-14(9(16)7(8)5-15)6-3-10(12,13)4-6/h1-2,5-6H,3-4H2. The van der Waals surface area contributed by atoms with Crippen molar-refractivity contribution < 1.29 is 13.6 Å². The number of hydrogen-bond acceptors (Lipinski definition) is 2. The number of carbonyl (C=O) groups excluding carboxylic acids is 1. The molecule has 0 bridgehead atoms. The van der Waals surface area contributed by atoms with Gasteiger partial charge in [0.25, 0.3) is 11.5 Å². The highest BCUT2D eigenvalue weighted by Crippen LogP contribution is 2.44. The first-order valence-electron chi connectivity index (χ1n) is 4.68. The van der Waals surface area contributed by atoms with Crippen LogP contribution in [0.15, 0.2) is 17.1 Å². The Bertz CT molecular complexity index is 490. The fourth-order valence-electron chi connectivity index (χ4n) is 1.77. The molecule has 0 N–H and O–H groups in total. The molecule has 0 unspecified atom stereocenters. The van der Waals surface area contributed by atoms with Crippen molar-refractivity contribution in [1.29, 1.82) is 0 Å². The number of alkyl halides is 2. The van der Waals surface area contributed by atoms with E-state index in [0.29, 0.717) is 6.29 Å². The Kier molecular flexibility index (Phi) is 2.58. The third-order valence-electron chi connectivity index (χ3n) is 2.68. The second kappa shape index (κ2) is 3.66. The largest absolute Gasteiger partial charge is 0.311 e. The predicted octanol–water partition coefficient (Wildman–Crippen LogP) is 2.28. The van der Waals surface area contributed by atoms with Gasteiger partial charge < -0.3 is 4.57 Å². The molecule has 1 fully saturated rings. The summed E-state index contributed by atoms with van der Waals surface area (Å²) in [5.74, 6) is -2.70. The molecule has 1 aliphatic carbocycles. The van der Waals surface area contributed by atoms with Crippen LogP contribution in [0.2, 0.25) is 5.02 Å². The lowest BCUT2D eigenvalue weighted by Crippen LogP contribution is -2.41. The smallest absolute Gasteiger partial charge is 0.262 e. The first kappa shape index (κ1) is 11.3. The highest BCUT2D eigenvalue weighted by Gasteiger charge is 2.46. The fraction of sp³-hybridized carbons (Fsp3) is 0.400. The molecule has 0 spiro atoms. The molecule has 16 heavy (non-hydrogen) atoms. The second-order valence-electron chi connectivity index (χ2n) is 3.83. The summed E-state index contributed by atoms with van der Waals surface area (Å²) in [6.07, 6.45) is 0.954. The number of hydrogen-bond donors (Lipinski definition) is 0. The van der Waals surface area contributed by atoms with Gasteiger partial charge in [-0.2, -0.15) is 0 Å². The SMILES string of the molecule is O=Cc1c(Cl)ccn(C2CC(F)(F)C2)c1=O. The Balaban J connectivity index is 2.38. The molecule has 0 amide bonds. The van der Waals surface area contributed by atoms with E-state index in [1.165, 1.54) is 12.3 Å².